The van der Waals surface area contributed by atoms with E-state index in [0.29, 0.717) is 11.2 Å². The van der Waals surface area contributed by atoms with Crippen molar-refractivity contribution in [3.8, 4) is 0 Å². The molecule has 2 rings (SSSR count). The van der Waals surface area contributed by atoms with Gasteiger partial charge in [0.2, 0.25) is 0 Å². The van der Waals surface area contributed by atoms with Crippen molar-refractivity contribution in [1.82, 2.24) is 0 Å². The van der Waals surface area contributed by atoms with Gasteiger partial charge in [-0.1, -0.05) is 27.2 Å². The second-order valence-electron chi connectivity index (χ2n) is 6.80. The largest absolute Gasteiger partial charge is 0.299 e. The monoisotopic (exact) mass is 222 g/mol. The minimum atomic E-state index is 0.0419. The first-order valence-electron chi connectivity index (χ1n) is 6.92. The molecule has 2 aliphatic carbocycles. The van der Waals surface area contributed by atoms with Gasteiger partial charge in [0.25, 0.3) is 0 Å². The van der Waals surface area contributed by atoms with E-state index in [4.69, 9.17) is 0 Å². The predicted molar refractivity (Wildman–Crippen MR) is 67.3 cm³/mol. The molecule has 0 aromatic carbocycles. The quantitative estimate of drug-likeness (QED) is 0.684. The van der Waals surface area contributed by atoms with E-state index in [1.807, 2.05) is 6.92 Å². The van der Waals surface area contributed by atoms with Gasteiger partial charge in [-0.15, -0.1) is 0 Å². The third-order valence-corrected chi connectivity index (χ3v) is 5.78. The summed E-state index contributed by atoms with van der Waals surface area (Å²) in [7, 11) is 0. The number of hydrogen-bond acceptors (Lipinski definition) is 1. The summed E-state index contributed by atoms with van der Waals surface area (Å²) in [5.74, 6) is 1.98. The third-order valence-electron chi connectivity index (χ3n) is 5.78. The summed E-state index contributed by atoms with van der Waals surface area (Å²) in [6.07, 6.45) is 7.47. The molecule has 0 aromatic rings. The van der Waals surface area contributed by atoms with Crippen LogP contribution in [0.4, 0.5) is 0 Å². The summed E-state index contributed by atoms with van der Waals surface area (Å²) in [6.45, 7) is 8.84. The van der Waals surface area contributed by atoms with Crippen molar-refractivity contribution in [3.05, 3.63) is 0 Å². The molecule has 0 N–H and O–H groups in total. The van der Waals surface area contributed by atoms with Crippen LogP contribution in [0.15, 0.2) is 0 Å². The minimum Gasteiger partial charge on any atom is -0.299 e. The van der Waals surface area contributed by atoms with Gasteiger partial charge >= 0.3 is 0 Å². The molecule has 92 valence electrons. The van der Waals surface area contributed by atoms with E-state index < -0.39 is 0 Å². The first-order chi connectivity index (χ1) is 7.41. The van der Waals surface area contributed by atoms with Crippen molar-refractivity contribution < 1.29 is 4.79 Å². The van der Waals surface area contributed by atoms with Crippen LogP contribution in [0.2, 0.25) is 0 Å². The SMILES string of the molecule is CC(=O)[C@]12CCC[C@@]1(C)CC[C@H](C(C)C)C2. The van der Waals surface area contributed by atoms with Crippen LogP contribution in [0, 0.1) is 22.7 Å². The van der Waals surface area contributed by atoms with Gasteiger partial charge in [-0.2, -0.15) is 0 Å². The van der Waals surface area contributed by atoms with Crippen LogP contribution in [0.5, 0.6) is 0 Å². The van der Waals surface area contributed by atoms with Gasteiger partial charge in [0.1, 0.15) is 5.78 Å². The summed E-state index contributed by atoms with van der Waals surface area (Å²) in [4.78, 5) is 12.2. The summed E-state index contributed by atoms with van der Waals surface area (Å²) < 4.78 is 0. The second kappa shape index (κ2) is 3.85. The molecule has 2 fully saturated rings. The summed E-state index contributed by atoms with van der Waals surface area (Å²) >= 11 is 0. The maximum atomic E-state index is 12.2. The average molecular weight is 222 g/mol. The van der Waals surface area contributed by atoms with E-state index in [1.165, 1.54) is 25.7 Å². The standard InChI is InChI=1S/C15H26O/c1-11(2)13-6-9-14(4)7-5-8-15(14,10-13)12(3)16/h11,13H,5-10H2,1-4H3/t13-,14-,15+/m0/s1. The van der Waals surface area contributed by atoms with Crippen molar-refractivity contribution in [2.24, 2.45) is 22.7 Å². The molecule has 1 nitrogen and oxygen atoms in total. The lowest BCUT2D eigenvalue weighted by Gasteiger charge is -2.50. The lowest BCUT2D eigenvalue weighted by molar-refractivity contribution is -0.138. The Bertz CT molecular complexity index is 294. The fraction of sp³-hybridized carbons (Fsp3) is 0.933. The maximum absolute atomic E-state index is 12.2. The molecule has 0 saturated heterocycles. The highest BCUT2D eigenvalue weighted by molar-refractivity contribution is 5.83. The van der Waals surface area contributed by atoms with Gasteiger partial charge in [-0.25, -0.2) is 0 Å². The summed E-state index contributed by atoms with van der Waals surface area (Å²) in [5, 5.41) is 0. The first kappa shape index (κ1) is 12.1. The Morgan fingerprint density at radius 2 is 1.94 bits per heavy atom. The smallest absolute Gasteiger partial charge is 0.136 e. The minimum absolute atomic E-state index is 0.0419. The summed E-state index contributed by atoms with van der Waals surface area (Å²) in [6, 6.07) is 0. The Morgan fingerprint density at radius 3 is 2.50 bits per heavy atom. The fourth-order valence-corrected chi connectivity index (χ4v) is 4.40. The molecule has 3 atom stereocenters. The normalized spacial score (nSPS) is 43.4. The Kier molecular flexibility index (Phi) is 2.92. The van der Waals surface area contributed by atoms with E-state index in [9.17, 15) is 4.79 Å². The Morgan fingerprint density at radius 1 is 1.25 bits per heavy atom. The number of hydrogen-bond donors (Lipinski definition) is 0. The van der Waals surface area contributed by atoms with Gasteiger partial charge in [0, 0.05) is 5.41 Å². The van der Waals surface area contributed by atoms with Gasteiger partial charge in [-0.3, -0.25) is 4.79 Å². The van der Waals surface area contributed by atoms with E-state index in [-0.39, 0.29) is 5.41 Å². The van der Waals surface area contributed by atoms with Gasteiger partial charge in [0.05, 0.1) is 0 Å². The van der Waals surface area contributed by atoms with E-state index >= 15 is 0 Å². The second-order valence-corrected chi connectivity index (χ2v) is 6.80. The molecule has 0 aromatic heterocycles. The highest BCUT2D eigenvalue weighted by Crippen LogP contribution is 2.63. The maximum Gasteiger partial charge on any atom is 0.136 e. The molecule has 0 unspecified atom stereocenters. The Balaban J connectivity index is 2.30. The molecule has 0 spiro atoms. The number of Topliss-reactive ketones (excluding diaryl/α,β-unsaturated/α-hetero) is 1. The average Bonchev–Trinajstić information content (AvgIpc) is 2.54. The zero-order chi connectivity index (χ0) is 12.0. The first-order valence-corrected chi connectivity index (χ1v) is 6.92. The lowest BCUT2D eigenvalue weighted by Crippen LogP contribution is -2.46. The van der Waals surface area contributed by atoms with Crippen LogP contribution in [0.25, 0.3) is 0 Å². The number of ketones is 1. The number of carbonyl (C=O) groups excluding carboxylic acids is 1. The molecule has 16 heavy (non-hydrogen) atoms. The van der Waals surface area contributed by atoms with Crippen LogP contribution < -0.4 is 0 Å². The van der Waals surface area contributed by atoms with Gasteiger partial charge < -0.3 is 0 Å². The zero-order valence-corrected chi connectivity index (χ0v) is 11.3. The molecular weight excluding hydrogens is 196 g/mol. The topological polar surface area (TPSA) is 17.1 Å². The van der Waals surface area contributed by atoms with Crippen molar-refractivity contribution in [2.75, 3.05) is 0 Å². The molecule has 0 aliphatic heterocycles. The molecule has 2 saturated carbocycles. The summed E-state index contributed by atoms with van der Waals surface area (Å²) in [5.41, 5.74) is 0.365. The van der Waals surface area contributed by atoms with Crippen LogP contribution in [-0.4, -0.2) is 5.78 Å². The molecule has 0 radical (unpaired) electrons. The van der Waals surface area contributed by atoms with Crippen molar-refractivity contribution >= 4 is 5.78 Å². The predicted octanol–water partition coefficient (Wildman–Crippen LogP) is 4.21. The highest BCUT2D eigenvalue weighted by Gasteiger charge is 2.57. The molecule has 2 aliphatic rings. The van der Waals surface area contributed by atoms with E-state index in [2.05, 4.69) is 20.8 Å². The molecule has 1 heteroatoms. The number of fused-ring (bicyclic) bond motifs is 1. The highest BCUT2D eigenvalue weighted by atomic mass is 16.1. The van der Waals surface area contributed by atoms with E-state index in [1.54, 1.807) is 0 Å². The van der Waals surface area contributed by atoms with Gasteiger partial charge in [0.15, 0.2) is 0 Å². The Hall–Kier alpha value is -0.330. The third kappa shape index (κ3) is 1.55. The van der Waals surface area contributed by atoms with Crippen molar-refractivity contribution in [1.29, 1.82) is 0 Å². The van der Waals surface area contributed by atoms with Crippen LogP contribution in [0.1, 0.15) is 66.2 Å². The molecule has 0 amide bonds. The molecular formula is C15H26O. The van der Waals surface area contributed by atoms with E-state index in [0.717, 1.165) is 24.7 Å². The van der Waals surface area contributed by atoms with Crippen molar-refractivity contribution in [3.63, 3.8) is 0 Å². The van der Waals surface area contributed by atoms with Crippen LogP contribution >= 0.6 is 0 Å². The molecule has 0 bridgehead atoms. The van der Waals surface area contributed by atoms with Crippen LogP contribution in [0.3, 0.4) is 0 Å². The number of rotatable bonds is 2. The Labute approximate surface area is 100.0 Å². The lowest BCUT2D eigenvalue weighted by atomic mass is 9.53. The fourth-order valence-electron chi connectivity index (χ4n) is 4.40. The zero-order valence-electron chi connectivity index (χ0n) is 11.3. The number of carbonyl (C=O) groups is 1. The molecule has 0 heterocycles. The van der Waals surface area contributed by atoms with Gasteiger partial charge in [-0.05, 0) is 56.3 Å². The van der Waals surface area contributed by atoms with Crippen molar-refractivity contribution in [2.45, 2.75) is 66.2 Å². The van der Waals surface area contributed by atoms with Crippen LogP contribution in [-0.2, 0) is 4.79 Å².